The molecule has 0 bridgehead atoms. The molecule has 4 heteroatoms. The Morgan fingerprint density at radius 3 is 2.90 bits per heavy atom. The van der Waals surface area contributed by atoms with Crippen LogP contribution in [0.3, 0.4) is 0 Å². The molecule has 1 heterocycles. The molecule has 1 aromatic carbocycles. The average Bonchev–Trinajstić information content (AvgIpc) is 2.48. The van der Waals surface area contributed by atoms with Gasteiger partial charge in [-0.3, -0.25) is 4.90 Å². The summed E-state index contributed by atoms with van der Waals surface area (Å²) in [6.07, 6.45) is 0. The SMILES string of the molecule is CC1COCCN1CCOc1ccc(C#CCO)cc1. The Morgan fingerprint density at radius 2 is 2.20 bits per heavy atom. The molecule has 2 rings (SSSR count). The lowest BCUT2D eigenvalue weighted by atomic mass is 10.2. The summed E-state index contributed by atoms with van der Waals surface area (Å²) in [6, 6.07) is 8.07. The van der Waals surface area contributed by atoms with E-state index < -0.39 is 0 Å². The Bertz CT molecular complexity index is 461. The summed E-state index contributed by atoms with van der Waals surface area (Å²) in [5, 5.41) is 8.63. The summed E-state index contributed by atoms with van der Waals surface area (Å²) < 4.78 is 11.1. The van der Waals surface area contributed by atoms with Crippen LogP contribution in [0.2, 0.25) is 0 Å². The van der Waals surface area contributed by atoms with Gasteiger partial charge in [0.05, 0.1) is 13.2 Å². The van der Waals surface area contributed by atoms with Crippen molar-refractivity contribution in [3.8, 4) is 17.6 Å². The third kappa shape index (κ3) is 4.53. The van der Waals surface area contributed by atoms with Gasteiger partial charge < -0.3 is 14.6 Å². The number of aliphatic hydroxyl groups excluding tert-OH is 1. The van der Waals surface area contributed by atoms with E-state index in [9.17, 15) is 0 Å². The molecule has 0 amide bonds. The average molecular weight is 275 g/mol. The second kappa shape index (κ2) is 7.91. The second-order valence-electron chi connectivity index (χ2n) is 4.79. The Balaban J connectivity index is 1.76. The lowest BCUT2D eigenvalue weighted by Crippen LogP contribution is -2.45. The van der Waals surface area contributed by atoms with Crippen molar-refractivity contribution < 1.29 is 14.6 Å². The van der Waals surface area contributed by atoms with Crippen molar-refractivity contribution in [3.63, 3.8) is 0 Å². The van der Waals surface area contributed by atoms with Crippen molar-refractivity contribution in [1.29, 1.82) is 0 Å². The van der Waals surface area contributed by atoms with Crippen molar-refractivity contribution in [2.24, 2.45) is 0 Å². The molecule has 1 aromatic rings. The molecule has 1 aliphatic heterocycles. The highest BCUT2D eigenvalue weighted by atomic mass is 16.5. The summed E-state index contributed by atoms with van der Waals surface area (Å²) in [4.78, 5) is 2.38. The van der Waals surface area contributed by atoms with Gasteiger partial charge in [0.2, 0.25) is 0 Å². The normalized spacial score (nSPS) is 19.2. The Hall–Kier alpha value is -1.54. The van der Waals surface area contributed by atoms with Crippen molar-refractivity contribution in [3.05, 3.63) is 29.8 Å². The molecule has 0 spiro atoms. The smallest absolute Gasteiger partial charge is 0.119 e. The molecule has 1 unspecified atom stereocenters. The van der Waals surface area contributed by atoms with Gasteiger partial charge in [-0.05, 0) is 31.2 Å². The fraction of sp³-hybridized carbons (Fsp3) is 0.500. The molecular weight excluding hydrogens is 254 g/mol. The molecule has 0 radical (unpaired) electrons. The van der Waals surface area contributed by atoms with Crippen LogP contribution in [0.25, 0.3) is 0 Å². The summed E-state index contributed by atoms with van der Waals surface area (Å²) in [6.45, 7) is 6.23. The maximum absolute atomic E-state index is 8.63. The van der Waals surface area contributed by atoms with Crippen molar-refractivity contribution in [1.82, 2.24) is 4.90 Å². The van der Waals surface area contributed by atoms with Gasteiger partial charge >= 0.3 is 0 Å². The summed E-state index contributed by atoms with van der Waals surface area (Å²) in [5.41, 5.74) is 0.883. The van der Waals surface area contributed by atoms with Gasteiger partial charge in [-0.2, -0.15) is 0 Å². The number of hydrogen-bond donors (Lipinski definition) is 1. The van der Waals surface area contributed by atoms with E-state index in [0.29, 0.717) is 12.6 Å². The summed E-state index contributed by atoms with van der Waals surface area (Å²) >= 11 is 0. The lowest BCUT2D eigenvalue weighted by molar-refractivity contribution is -0.00514. The van der Waals surface area contributed by atoms with Gasteiger partial charge in [-0.15, -0.1) is 0 Å². The Kier molecular flexibility index (Phi) is 5.87. The van der Waals surface area contributed by atoms with Gasteiger partial charge in [0.1, 0.15) is 19.0 Å². The minimum Gasteiger partial charge on any atom is -0.492 e. The van der Waals surface area contributed by atoms with Gasteiger partial charge in [-0.1, -0.05) is 11.8 Å². The number of hydrogen-bond acceptors (Lipinski definition) is 4. The maximum atomic E-state index is 8.63. The molecule has 1 N–H and O–H groups in total. The van der Waals surface area contributed by atoms with Crippen LogP contribution in [0.4, 0.5) is 0 Å². The van der Waals surface area contributed by atoms with E-state index in [4.69, 9.17) is 14.6 Å². The fourth-order valence-corrected chi connectivity index (χ4v) is 2.15. The second-order valence-corrected chi connectivity index (χ2v) is 4.79. The van der Waals surface area contributed by atoms with E-state index in [0.717, 1.165) is 37.6 Å². The van der Waals surface area contributed by atoms with Crippen molar-refractivity contribution >= 4 is 0 Å². The zero-order valence-corrected chi connectivity index (χ0v) is 11.8. The lowest BCUT2D eigenvalue weighted by Gasteiger charge is -2.32. The van der Waals surface area contributed by atoms with Gasteiger partial charge in [-0.25, -0.2) is 0 Å². The van der Waals surface area contributed by atoms with Gasteiger partial charge in [0.15, 0.2) is 0 Å². The molecule has 1 aliphatic rings. The predicted molar refractivity (Wildman–Crippen MR) is 77.8 cm³/mol. The molecule has 1 atom stereocenters. The largest absolute Gasteiger partial charge is 0.492 e. The highest BCUT2D eigenvalue weighted by Crippen LogP contribution is 2.12. The monoisotopic (exact) mass is 275 g/mol. The standard InChI is InChI=1S/C16H21NO3/c1-14-13-19-11-8-17(14)9-12-20-16-6-4-15(5-7-16)3-2-10-18/h4-7,14,18H,8-13H2,1H3. The van der Waals surface area contributed by atoms with E-state index in [2.05, 4.69) is 23.7 Å². The Morgan fingerprint density at radius 1 is 1.40 bits per heavy atom. The van der Waals surface area contributed by atoms with Gasteiger partial charge in [0, 0.05) is 24.7 Å². The minimum absolute atomic E-state index is 0.115. The van der Waals surface area contributed by atoms with E-state index in [1.165, 1.54) is 0 Å². The van der Waals surface area contributed by atoms with Crippen LogP contribution in [0.5, 0.6) is 5.75 Å². The molecule has 1 fully saturated rings. The number of aliphatic hydroxyl groups is 1. The molecular formula is C16H21NO3. The first kappa shape index (κ1) is 14.9. The highest BCUT2D eigenvalue weighted by Gasteiger charge is 2.17. The first-order chi connectivity index (χ1) is 9.79. The maximum Gasteiger partial charge on any atom is 0.119 e. The molecule has 20 heavy (non-hydrogen) atoms. The van der Waals surface area contributed by atoms with E-state index >= 15 is 0 Å². The van der Waals surface area contributed by atoms with Crippen LogP contribution in [-0.4, -0.2) is 55.6 Å². The third-order valence-electron chi connectivity index (χ3n) is 3.32. The molecule has 0 aliphatic carbocycles. The van der Waals surface area contributed by atoms with Crippen molar-refractivity contribution in [2.45, 2.75) is 13.0 Å². The molecule has 1 saturated heterocycles. The predicted octanol–water partition coefficient (Wildman–Crippen LogP) is 1.13. The zero-order valence-electron chi connectivity index (χ0n) is 11.8. The zero-order chi connectivity index (χ0) is 14.2. The molecule has 108 valence electrons. The quantitative estimate of drug-likeness (QED) is 0.837. The third-order valence-corrected chi connectivity index (χ3v) is 3.32. The van der Waals surface area contributed by atoms with E-state index in [1.807, 2.05) is 24.3 Å². The van der Waals surface area contributed by atoms with Crippen molar-refractivity contribution in [2.75, 3.05) is 39.5 Å². The van der Waals surface area contributed by atoms with Crippen LogP contribution in [0, 0.1) is 11.8 Å². The molecule has 0 aromatic heterocycles. The first-order valence-corrected chi connectivity index (χ1v) is 6.94. The number of benzene rings is 1. The molecule has 0 saturated carbocycles. The van der Waals surface area contributed by atoms with E-state index in [-0.39, 0.29) is 6.61 Å². The van der Waals surface area contributed by atoms with Crippen LogP contribution < -0.4 is 4.74 Å². The Labute approximate surface area is 120 Å². The number of ether oxygens (including phenoxy) is 2. The van der Waals surface area contributed by atoms with Crippen LogP contribution in [-0.2, 0) is 4.74 Å². The van der Waals surface area contributed by atoms with Crippen LogP contribution in [0.15, 0.2) is 24.3 Å². The van der Waals surface area contributed by atoms with Crippen LogP contribution in [0.1, 0.15) is 12.5 Å². The topological polar surface area (TPSA) is 41.9 Å². The summed E-state index contributed by atoms with van der Waals surface area (Å²) in [5.74, 6) is 6.33. The number of rotatable bonds is 4. The molecule has 4 nitrogen and oxygen atoms in total. The van der Waals surface area contributed by atoms with Gasteiger partial charge in [0.25, 0.3) is 0 Å². The fourth-order valence-electron chi connectivity index (χ4n) is 2.15. The first-order valence-electron chi connectivity index (χ1n) is 6.94. The minimum atomic E-state index is -0.115. The van der Waals surface area contributed by atoms with E-state index in [1.54, 1.807) is 0 Å². The summed E-state index contributed by atoms with van der Waals surface area (Å²) in [7, 11) is 0. The highest BCUT2D eigenvalue weighted by molar-refractivity contribution is 5.38. The number of nitrogens with zero attached hydrogens (tertiary/aromatic N) is 1. The number of morpholine rings is 1. The van der Waals surface area contributed by atoms with Crippen LogP contribution >= 0.6 is 0 Å².